The van der Waals surface area contributed by atoms with Gasteiger partial charge in [-0.25, -0.2) is 5.43 Å². The van der Waals surface area contributed by atoms with Crippen molar-refractivity contribution in [3.63, 3.8) is 0 Å². The van der Waals surface area contributed by atoms with Crippen LogP contribution in [0.15, 0.2) is 42.0 Å². The molecule has 1 heterocycles. The molecule has 0 radical (unpaired) electrons. The third-order valence-electron chi connectivity index (χ3n) is 3.25. The molecule has 2 aromatic carbocycles. The highest BCUT2D eigenvalue weighted by atomic mass is 16.2. The lowest BCUT2D eigenvalue weighted by Crippen LogP contribution is -2.25. The highest BCUT2D eigenvalue weighted by Gasteiger charge is 2.15. The summed E-state index contributed by atoms with van der Waals surface area (Å²) in [7, 11) is 0. The Morgan fingerprint density at radius 1 is 1.17 bits per heavy atom. The molecule has 2 N–H and O–H groups in total. The average Bonchev–Trinajstić information content (AvgIpc) is 2.76. The van der Waals surface area contributed by atoms with Gasteiger partial charge in [-0.2, -0.15) is 0 Å². The van der Waals surface area contributed by atoms with Crippen molar-refractivity contribution in [2.24, 2.45) is 0 Å². The number of benzene rings is 2. The van der Waals surface area contributed by atoms with E-state index < -0.39 is 0 Å². The Hall–Kier alpha value is -2.13. The van der Waals surface area contributed by atoms with Gasteiger partial charge >= 0.3 is 0 Å². The quantitative estimate of drug-likeness (QED) is 0.747. The third kappa shape index (κ3) is 1.79. The first-order chi connectivity index (χ1) is 8.75. The van der Waals surface area contributed by atoms with Crippen molar-refractivity contribution in [3.8, 4) is 0 Å². The fraction of sp³-hybridized carbons (Fsp3) is 0.133. The molecule has 0 saturated carbocycles. The van der Waals surface area contributed by atoms with Crippen molar-refractivity contribution >= 4 is 22.8 Å². The normalized spacial score (nSPS) is 17.4. The Morgan fingerprint density at radius 2 is 1.94 bits per heavy atom. The van der Waals surface area contributed by atoms with E-state index in [-0.39, 0.29) is 5.91 Å². The Balaban J connectivity index is 2.21. The van der Waals surface area contributed by atoms with Crippen LogP contribution in [0.4, 0.5) is 0 Å². The summed E-state index contributed by atoms with van der Waals surface area (Å²) in [5.74, 6) is -0.0411. The van der Waals surface area contributed by atoms with Gasteiger partial charge in [0.2, 0.25) is 0 Å². The zero-order valence-electron chi connectivity index (χ0n) is 10.2. The van der Waals surface area contributed by atoms with Crippen molar-refractivity contribution in [1.82, 2.24) is 10.9 Å². The molecule has 0 spiro atoms. The zero-order chi connectivity index (χ0) is 12.5. The molecule has 3 heteroatoms. The van der Waals surface area contributed by atoms with Gasteiger partial charge in [0.1, 0.15) is 0 Å². The minimum absolute atomic E-state index is 0.0411. The molecule has 0 atom stereocenters. The molecular formula is C15H14N2O. The molecule has 18 heavy (non-hydrogen) atoms. The second-order valence-corrected chi connectivity index (χ2v) is 4.50. The number of amides is 1. The van der Waals surface area contributed by atoms with Crippen molar-refractivity contribution < 1.29 is 4.79 Å². The number of hydrogen-bond donors (Lipinski definition) is 2. The first kappa shape index (κ1) is 11.0. The second-order valence-electron chi connectivity index (χ2n) is 4.50. The molecule has 3 rings (SSSR count). The summed E-state index contributed by atoms with van der Waals surface area (Å²) in [5, 5.41) is 2.42. The number of hydrogen-bond acceptors (Lipinski definition) is 2. The Morgan fingerprint density at radius 3 is 2.67 bits per heavy atom. The number of aryl methyl sites for hydroxylation is 1. The van der Waals surface area contributed by atoms with E-state index in [0.29, 0.717) is 6.54 Å². The number of fused-ring (bicyclic) bond motifs is 1. The van der Waals surface area contributed by atoms with E-state index in [1.54, 1.807) is 0 Å². The molecule has 2 aromatic rings. The largest absolute Gasteiger partial charge is 0.287 e. The van der Waals surface area contributed by atoms with Crippen LogP contribution in [-0.2, 0) is 4.79 Å². The molecule has 90 valence electrons. The zero-order valence-corrected chi connectivity index (χ0v) is 10.2. The van der Waals surface area contributed by atoms with E-state index in [1.165, 1.54) is 16.3 Å². The summed E-state index contributed by atoms with van der Waals surface area (Å²) >= 11 is 0. The topological polar surface area (TPSA) is 41.1 Å². The maximum absolute atomic E-state index is 11.6. The predicted octanol–water partition coefficient (Wildman–Crippen LogP) is 2.17. The molecule has 1 saturated heterocycles. The standard InChI is InChI=1S/C15H14N2O/c1-10-4-2-5-11-6-3-7-12(14(10)11)8-13-9-16-17-15(13)18/h2-8,16H,9H2,1H3,(H,17,18)/b13-8+. The van der Waals surface area contributed by atoms with Gasteiger partial charge in [0.15, 0.2) is 0 Å². The second kappa shape index (κ2) is 4.27. The van der Waals surface area contributed by atoms with Gasteiger partial charge in [-0.15, -0.1) is 0 Å². The van der Waals surface area contributed by atoms with Crippen LogP contribution in [0.1, 0.15) is 11.1 Å². The monoisotopic (exact) mass is 238 g/mol. The molecule has 3 nitrogen and oxygen atoms in total. The lowest BCUT2D eigenvalue weighted by Gasteiger charge is -2.06. The molecule has 1 amide bonds. The van der Waals surface area contributed by atoms with Crippen LogP contribution >= 0.6 is 0 Å². The fourth-order valence-electron chi connectivity index (χ4n) is 2.37. The Bertz CT molecular complexity index is 653. The number of carbonyl (C=O) groups excluding carboxylic acids is 1. The highest BCUT2D eigenvalue weighted by Crippen LogP contribution is 2.24. The number of nitrogens with one attached hydrogen (secondary N) is 2. The molecule has 1 aliphatic heterocycles. The summed E-state index contributed by atoms with van der Waals surface area (Å²) in [6.45, 7) is 2.67. The molecular weight excluding hydrogens is 224 g/mol. The van der Waals surface area contributed by atoms with Crippen LogP contribution in [0.2, 0.25) is 0 Å². The minimum atomic E-state index is -0.0411. The molecule has 0 unspecified atom stereocenters. The van der Waals surface area contributed by atoms with Gasteiger partial charge in [-0.1, -0.05) is 36.4 Å². The van der Waals surface area contributed by atoms with E-state index in [1.807, 2.05) is 18.2 Å². The van der Waals surface area contributed by atoms with Gasteiger partial charge in [-0.3, -0.25) is 10.2 Å². The lowest BCUT2D eigenvalue weighted by molar-refractivity contribution is -0.116. The van der Waals surface area contributed by atoms with Gasteiger partial charge in [0.05, 0.1) is 0 Å². The minimum Gasteiger partial charge on any atom is -0.287 e. The predicted molar refractivity (Wildman–Crippen MR) is 72.8 cm³/mol. The van der Waals surface area contributed by atoms with Crippen LogP contribution in [0.5, 0.6) is 0 Å². The summed E-state index contributed by atoms with van der Waals surface area (Å²) < 4.78 is 0. The molecule has 1 aliphatic rings. The van der Waals surface area contributed by atoms with Crippen molar-refractivity contribution in [2.45, 2.75) is 6.92 Å². The van der Waals surface area contributed by atoms with Crippen LogP contribution < -0.4 is 10.9 Å². The number of carbonyl (C=O) groups is 1. The SMILES string of the molecule is Cc1cccc2cccc(/C=C3\CNNC3=O)c12. The van der Waals surface area contributed by atoms with Gasteiger partial charge in [0, 0.05) is 12.1 Å². The van der Waals surface area contributed by atoms with Gasteiger partial charge in [0.25, 0.3) is 5.91 Å². The summed E-state index contributed by atoms with van der Waals surface area (Å²) in [4.78, 5) is 11.6. The van der Waals surface area contributed by atoms with Crippen molar-refractivity contribution in [3.05, 3.63) is 53.1 Å². The molecule has 0 aliphatic carbocycles. The van der Waals surface area contributed by atoms with Crippen LogP contribution in [0.25, 0.3) is 16.8 Å². The maximum Gasteiger partial charge on any atom is 0.262 e. The van der Waals surface area contributed by atoms with E-state index in [4.69, 9.17) is 0 Å². The number of hydrazine groups is 1. The lowest BCUT2D eigenvalue weighted by atomic mass is 9.98. The summed E-state index contributed by atoms with van der Waals surface area (Å²) in [6, 6.07) is 12.4. The molecule has 0 bridgehead atoms. The molecule has 0 aromatic heterocycles. The number of rotatable bonds is 1. The highest BCUT2D eigenvalue weighted by molar-refractivity contribution is 6.03. The first-order valence-corrected chi connectivity index (χ1v) is 5.98. The van der Waals surface area contributed by atoms with Crippen molar-refractivity contribution in [1.29, 1.82) is 0 Å². The Kier molecular flexibility index (Phi) is 2.61. The van der Waals surface area contributed by atoms with E-state index in [9.17, 15) is 4.79 Å². The average molecular weight is 238 g/mol. The van der Waals surface area contributed by atoms with Crippen LogP contribution in [-0.4, -0.2) is 12.5 Å². The van der Waals surface area contributed by atoms with Gasteiger partial charge in [-0.05, 0) is 34.9 Å². The molecule has 1 fully saturated rings. The third-order valence-corrected chi connectivity index (χ3v) is 3.25. The van der Waals surface area contributed by atoms with Crippen LogP contribution in [0.3, 0.4) is 0 Å². The van der Waals surface area contributed by atoms with E-state index in [0.717, 1.165) is 11.1 Å². The van der Waals surface area contributed by atoms with Crippen molar-refractivity contribution in [2.75, 3.05) is 6.54 Å². The fourth-order valence-corrected chi connectivity index (χ4v) is 2.37. The van der Waals surface area contributed by atoms with Gasteiger partial charge < -0.3 is 0 Å². The Labute approximate surface area is 105 Å². The van der Waals surface area contributed by atoms with Crippen LogP contribution in [0, 0.1) is 6.92 Å². The van der Waals surface area contributed by atoms with E-state index in [2.05, 4.69) is 42.0 Å². The first-order valence-electron chi connectivity index (χ1n) is 5.98. The summed E-state index contributed by atoms with van der Waals surface area (Å²) in [6.07, 6.45) is 1.96. The maximum atomic E-state index is 11.6. The summed E-state index contributed by atoms with van der Waals surface area (Å²) in [5.41, 5.74) is 8.53. The van der Waals surface area contributed by atoms with E-state index >= 15 is 0 Å². The smallest absolute Gasteiger partial charge is 0.262 e.